The number of fused-ring (bicyclic) bond motifs is 2. The van der Waals surface area contributed by atoms with Crippen molar-refractivity contribution >= 4 is 28.5 Å². The van der Waals surface area contributed by atoms with E-state index in [1.54, 1.807) is 22.0 Å². The van der Waals surface area contributed by atoms with Crippen molar-refractivity contribution in [2.75, 3.05) is 6.54 Å². The van der Waals surface area contributed by atoms with Crippen molar-refractivity contribution < 1.29 is 14.4 Å². The van der Waals surface area contributed by atoms with Gasteiger partial charge in [0.15, 0.2) is 5.78 Å². The average molecular weight is 517 g/mol. The monoisotopic (exact) mass is 516 g/mol. The molecule has 38 heavy (non-hydrogen) atoms. The van der Waals surface area contributed by atoms with E-state index < -0.39 is 6.04 Å². The summed E-state index contributed by atoms with van der Waals surface area (Å²) in [5, 5.41) is 8.33. The summed E-state index contributed by atoms with van der Waals surface area (Å²) >= 11 is 0. The molecule has 1 N–H and O–H groups in total. The lowest BCUT2D eigenvalue weighted by Gasteiger charge is -2.27. The van der Waals surface area contributed by atoms with Crippen molar-refractivity contribution in [3.8, 4) is 11.1 Å². The fourth-order valence-electron chi connectivity index (χ4n) is 5.88. The van der Waals surface area contributed by atoms with Crippen LogP contribution in [0.15, 0.2) is 24.5 Å². The van der Waals surface area contributed by atoms with Gasteiger partial charge in [-0.25, -0.2) is 9.97 Å². The van der Waals surface area contributed by atoms with Crippen LogP contribution >= 0.6 is 0 Å². The van der Waals surface area contributed by atoms with Crippen LogP contribution in [-0.2, 0) is 16.1 Å². The first-order chi connectivity index (χ1) is 18.1. The SMILES string of the molecule is CCCCCNC(=O)[C@@H]1C[C@@]2(C)C[C@H]2N1C(=O)Cn1nc(C(C)=O)c2cc(-c3cnc(C)nc3)cc(C)c21. The summed E-state index contributed by atoms with van der Waals surface area (Å²) in [5.74, 6) is 0.306. The van der Waals surface area contributed by atoms with Crippen molar-refractivity contribution in [2.24, 2.45) is 5.41 Å². The highest BCUT2D eigenvalue weighted by molar-refractivity contribution is 6.07. The Morgan fingerprint density at radius 1 is 1.08 bits per heavy atom. The van der Waals surface area contributed by atoms with Crippen molar-refractivity contribution in [3.63, 3.8) is 0 Å². The molecule has 2 fully saturated rings. The van der Waals surface area contributed by atoms with Gasteiger partial charge in [0.05, 0.1) is 5.52 Å². The summed E-state index contributed by atoms with van der Waals surface area (Å²) in [6, 6.07) is 3.53. The lowest BCUT2D eigenvalue weighted by atomic mass is 10.0. The molecule has 1 aliphatic heterocycles. The van der Waals surface area contributed by atoms with Gasteiger partial charge < -0.3 is 10.2 Å². The molecule has 1 saturated carbocycles. The van der Waals surface area contributed by atoms with Crippen LogP contribution in [0.25, 0.3) is 22.0 Å². The Balaban J connectivity index is 1.44. The number of hydrogen-bond acceptors (Lipinski definition) is 6. The number of hydrogen-bond donors (Lipinski definition) is 1. The van der Waals surface area contributed by atoms with E-state index in [1.807, 2.05) is 26.0 Å². The van der Waals surface area contributed by atoms with Gasteiger partial charge in [0.25, 0.3) is 0 Å². The predicted molar refractivity (Wildman–Crippen MR) is 145 cm³/mol. The number of amides is 2. The third kappa shape index (κ3) is 4.70. The molecule has 200 valence electrons. The third-order valence-corrected chi connectivity index (χ3v) is 8.07. The zero-order valence-corrected chi connectivity index (χ0v) is 22.9. The van der Waals surface area contributed by atoms with Gasteiger partial charge in [0.1, 0.15) is 24.1 Å². The molecular formula is C29H36N6O3. The van der Waals surface area contributed by atoms with Crippen LogP contribution in [-0.4, -0.2) is 60.9 Å². The molecule has 1 aliphatic carbocycles. The first kappa shape index (κ1) is 26.0. The quantitative estimate of drug-likeness (QED) is 0.340. The Bertz CT molecular complexity index is 1410. The molecule has 1 aromatic carbocycles. The van der Waals surface area contributed by atoms with Crippen molar-refractivity contribution in [3.05, 3.63) is 41.6 Å². The van der Waals surface area contributed by atoms with Gasteiger partial charge in [-0.05, 0) is 61.8 Å². The topological polar surface area (TPSA) is 110 Å². The van der Waals surface area contributed by atoms with Crippen molar-refractivity contribution in [1.82, 2.24) is 30.0 Å². The molecule has 3 heterocycles. The highest BCUT2D eigenvalue weighted by atomic mass is 16.2. The molecule has 1 saturated heterocycles. The Kier molecular flexibility index (Phi) is 6.79. The minimum atomic E-state index is -0.462. The summed E-state index contributed by atoms with van der Waals surface area (Å²) in [5.41, 5.74) is 3.70. The van der Waals surface area contributed by atoms with E-state index in [-0.39, 0.29) is 35.6 Å². The second-order valence-electron chi connectivity index (χ2n) is 11.2. The van der Waals surface area contributed by atoms with E-state index >= 15 is 0 Å². The number of likely N-dealkylation sites (tertiary alicyclic amines) is 1. The molecule has 2 amide bonds. The average Bonchev–Trinajstić information content (AvgIpc) is 3.23. The molecule has 9 heteroatoms. The lowest BCUT2D eigenvalue weighted by molar-refractivity contribution is -0.140. The van der Waals surface area contributed by atoms with E-state index in [2.05, 4.69) is 34.2 Å². The standard InChI is InChI=1S/C29H36N6O3/c1-6-7-8-9-30-28(38)23-12-29(5)13-24(29)35(23)25(37)16-34-27-17(2)10-20(21-14-31-19(4)32-15-21)11-22(27)26(33-34)18(3)36/h10-11,14-15,23-24H,6-9,12-13,16H2,1-5H3,(H,30,38)/t23-,24+,29-/m0/s1. The Morgan fingerprint density at radius 3 is 2.50 bits per heavy atom. The largest absolute Gasteiger partial charge is 0.354 e. The molecule has 3 atom stereocenters. The summed E-state index contributed by atoms with van der Waals surface area (Å²) in [6.07, 6.45) is 8.21. The molecular weight excluding hydrogens is 480 g/mol. The number of aryl methyl sites for hydroxylation is 2. The fraction of sp³-hybridized carbons (Fsp3) is 0.517. The van der Waals surface area contributed by atoms with Gasteiger partial charge >= 0.3 is 0 Å². The van der Waals surface area contributed by atoms with Crippen LogP contribution in [0.2, 0.25) is 0 Å². The smallest absolute Gasteiger partial charge is 0.245 e. The zero-order chi connectivity index (χ0) is 27.2. The molecule has 2 aromatic heterocycles. The van der Waals surface area contributed by atoms with Gasteiger partial charge in [-0.15, -0.1) is 0 Å². The van der Waals surface area contributed by atoms with Gasteiger partial charge in [0.2, 0.25) is 11.8 Å². The number of nitrogens with zero attached hydrogens (tertiary/aromatic N) is 5. The first-order valence-corrected chi connectivity index (χ1v) is 13.5. The molecule has 0 spiro atoms. The number of nitrogens with one attached hydrogen (secondary N) is 1. The highest BCUT2D eigenvalue weighted by Crippen LogP contribution is 2.59. The molecule has 0 unspecified atom stereocenters. The summed E-state index contributed by atoms with van der Waals surface area (Å²) in [4.78, 5) is 49.7. The van der Waals surface area contributed by atoms with Gasteiger partial charge in [-0.2, -0.15) is 5.10 Å². The number of unbranched alkanes of at least 4 members (excludes halogenated alkanes) is 2. The van der Waals surface area contributed by atoms with Gasteiger partial charge in [-0.1, -0.05) is 26.7 Å². The number of rotatable bonds is 9. The molecule has 5 rings (SSSR count). The van der Waals surface area contributed by atoms with E-state index in [0.29, 0.717) is 29.9 Å². The van der Waals surface area contributed by atoms with Crippen LogP contribution in [0.5, 0.6) is 0 Å². The van der Waals surface area contributed by atoms with Crippen molar-refractivity contribution in [2.45, 2.75) is 85.4 Å². The highest BCUT2D eigenvalue weighted by Gasteiger charge is 2.64. The molecule has 2 aliphatic rings. The lowest BCUT2D eigenvalue weighted by Crippen LogP contribution is -2.49. The van der Waals surface area contributed by atoms with Crippen LogP contribution in [0.1, 0.15) is 74.8 Å². The second-order valence-corrected chi connectivity index (χ2v) is 11.2. The molecule has 3 aromatic rings. The number of aromatic nitrogens is 4. The molecule has 9 nitrogen and oxygen atoms in total. The number of ketones is 1. The maximum atomic E-state index is 13.7. The number of carbonyl (C=O) groups excluding carboxylic acids is 3. The van der Waals surface area contributed by atoms with E-state index in [0.717, 1.165) is 47.9 Å². The molecule has 0 radical (unpaired) electrons. The summed E-state index contributed by atoms with van der Waals surface area (Å²) in [6.45, 7) is 10.2. The minimum Gasteiger partial charge on any atom is -0.354 e. The zero-order valence-electron chi connectivity index (χ0n) is 22.9. The van der Waals surface area contributed by atoms with Crippen LogP contribution in [0.3, 0.4) is 0 Å². The third-order valence-electron chi connectivity index (χ3n) is 8.07. The summed E-state index contributed by atoms with van der Waals surface area (Å²) < 4.78 is 1.63. The van der Waals surface area contributed by atoms with E-state index in [4.69, 9.17) is 0 Å². The number of benzene rings is 1. The predicted octanol–water partition coefficient (Wildman–Crippen LogP) is 4.00. The maximum Gasteiger partial charge on any atom is 0.245 e. The molecule has 0 bridgehead atoms. The first-order valence-electron chi connectivity index (χ1n) is 13.5. The van der Waals surface area contributed by atoms with Crippen LogP contribution in [0, 0.1) is 19.3 Å². The second kappa shape index (κ2) is 9.93. The minimum absolute atomic E-state index is 0.00125. The van der Waals surface area contributed by atoms with Gasteiger partial charge in [0, 0.05) is 42.9 Å². The number of piperidine rings is 1. The Morgan fingerprint density at radius 2 is 1.82 bits per heavy atom. The number of Topliss-reactive ketones (excluding diaryl/α,β-unsaturated/α-hetero) is 1. The van der Waals surface area contributed by atoms with E-state index in [1.165, 1.54) is 6.92 Å². The summed E-state index contributed by atoms with van der Waals surface area (Å²) in [7, 11) is 0. The fourth-order valence-corrected chi connectivity index (χ4v) is 5.88. The normalized spacial score (nSPS) is 22.0. The number of carbonyl (C=O) groups is 3. The van der Waals surface area contributed by atoms with E-state index in [9.17, 15) is 14.4 Å². The Hall–Kier alpha value is -3.62. The van der Waals surface area contributed by atoms with Crippen molar-refractivity contribution in [1.29, 1.82) is 0 Å². The van der Waals surface area contributed by atoms with Crippen LogP contribution in [0.4, 0.5) is 0 Å². The maximum absolute atomic E-state index is 13.7. The Labute approximate surface area is 223 Å². The van der Waals surface area contributed by atoms with Crippen LogP contribution < -0.4 is 5.32 Å². The van der Waals surface area contributed by atoms with Gasteiger partial charge in [-0.3, -0.25) is 19.1 Å².